The van der Waals surface area contributed by atoms with Crippen molar-refractivity contribution < 1.29 is 22.6 Å². The third kappa shape index (κ3) is 5.64. The fourth-order valence-electron chi connectivity index (χ4n) is 3.75. The molecule has 0 aliphatic carbocycles. The van der Waals surface area contributed by atoms with Gasteiger partial charge in [0.25, 0.3) is 0 Å². The van der Waals surface area contributed by atoms with Gasteiger partial charge >= 0.3 is 6.18 Å². The summed E-state index contributed by atoms with van der Waals surface area (Å²) < 4.78 is 55.0. The second kappa shape index (κ2) is 9.00. The topological polar surface area (TPSA) is 41.1 Å². The summed E-state index contributed by atoms with van der Waals surface area (Å²) in [6.45, 7) is 10.2. The van der Waals surface area contributed by atoms with Crippen LogP contribution in [-0.4, -0.2) is 78.8 Å². The van der Waals surface area contributed by atoms with Crippen LogP contribution in [0, 0.1) is 0 Å². The van der Waals surface area contributed by atoms with Gasteiger partial charge < -0.3 is 19.3 Å². The number of nitrogens with zero attached hydrogens (tertiary/aromatic N) is 4. The lowest BCUT2D eigenvalue weighted by Gasteiger charge is -2.42. The van der Waals surface area contributed by atoms with Crippen molar-refractivity contribution >= 4 is 23.5 Å². The molecule has 3 rings (SSSR count). The monoisotopic (exact) mass is 448 g/mol. The molecule has 2 saturated heterocycles. The molecule has 3 heterocycles. The molecule has 0 spiro atoms. The third-order valence-corrected chi connectivity index (χ3v) is 6.00. The third-order valence-electron chi connectivity index (χ3n) is 5.16. The van der Waals surface area contributed by atoms with Crippen LogP contribution < -0.4 is 14.5 Å². The number of morpholine rings is 1. The summed E-state index contributed by atoms with van der Waals surface area (Å²) in [4.78, 5) is 8.01. The number of hydrogen-bond donors (Lipinski definition) is 0. The Kier molecular flexibility index (Phi) is 6.98. The van der Waals surface area contributed by atoms with Crippen molar-refractivity contribution in [2.45, 2.75) is 51.6 Å². The number of aromatic nitrogens is 1. The molecule has 10 heteroatoms. The van der Waals surface area contributed by atoms with E-state index in [0.29, 0.717) is 38.0 Å². The Balaban J connectivity index is 2.01. The predicted octanol–water partition coefficient (Wildman–Crippen LogP) is 3.81. The highest BCUT2D eigenvalue weighted by atomic mass is 32.2. The van der Waals surface area contributed by atoms with Crippen LogP contribution in [0.25, 0.3) is 0 Å². The average molecular weight is 449 g/mol. The van der Waals surface area contributed by atoms with Crippen molar-refractivity contribution in [2.24, 2.45) is 0 Å². The number of ether oxygens (including phenoxy) is 2. The highest BCUT2D eigenvalue weighted by molar-refractivity contribution is 7.96. The van der Waals surface area contributed by atoms with Crippen LogP contribution in [-0.2, 0) is 4.74 Å². The average Bonchev–Trinajstić information content (AvgIpc) is 2.65. The maximum Gasteiger partial charge on any atom is 0.410 e. The molecule has 170 valence electrons. The highest BCUT2D eigenvalue weighted by Gasteiger charge is 2.47. The Morgan fingerprint density at radius 2 is 1.87 bits per heavy atom. The summed E-state index contributed by atoms with van der Waals surface area (Å²) in [5, 5.41) is 0. The summed E-state index contributed by atoms with van der Waals surface area (Å²) in [6, 6.07) is 2.07. The number of halogens is 3. The van der Waals surface area contributed by atoms with E-state index >= 15 is 0 Å². The van der Waals surface area contributed by atoms with E-state index in [1.807, 2.05) is 33.8 Å². The molecule has 30 heavy (non-hydrogen) atoms. The maximum atomic E-state index is 13.9. The maximum absolute atomic E-state index is 13.9. The standard InChI is InChI=1S/C20H31F3N4O2S/c1-14-13-28-9-8-26(14)15-10-17(24-18(11-15)29-19(2,3)4)27-7-6-25(30-5)12-16(27)20(21,22)23/h10-11,14,16H,6-9,12-13H2,1-5H3. The number of piperazine rings is 1. The van der Waals surface area contributed by atoms with E-state index in [2.05, 4.69) is 9.88 Å². The van der Waals surface area contributed by atoms with Crippen molar-refractivity contribution in [3.05, 3.63) is 12.1 Å². The molecule has 2 fully saturated rings. The van der Waals surface area contributed by atoms with Crippen molar-refractivity contribution in [1.29, 1.82) is 0 Å². The van der Waals surface area contributed by atoms with Gasteiger partial charge in [0.15, 0.2) is 0 Å². The molecule has 2 aliphatic rings. The fourth-order valence-corrected chi connectivity index (χ4v) is 4.30. The van der Waals surface area contributed by atoms with Gasteiger partial charge in [0.05, 0.1) is 13.2 Å². The molecule has 0 aromatic carbocycles. The molecular weight excluding hydrogens is 417 g/mol. The van der Waals surface area contributed by atoms with Gasteiger partial charge in [-0.3, -0.25) is 0 Å². The lowest BCUT2D eigenvalue weighted by atomic mass is 10.1. The van der Waals surface area contributed by atoms with Gasteiger partial charge in [-0.15, -0.1) is 0 Å². The lowest BCUT2D eigenvalue weighted by molar-refractivity contribution is -0.153. The van der Waals surface area contributed by atoms with Crippen molar-refractivity contribution in [2.75, 3.05) is 55.4 Å². The van der Waals surface area contributed by atoms with Crippen LogP contribution in [0.4, 0.5) is 24.7 Å². The summed E-state index contributed by atoms with van der Waals surface area (Å²) in [5.41, 5.74) is 0.295. The first-order valence-electron chi connectivity index (χ1n) is 10.2. The van der Waals surface area contributed by atoms with Crippen molar-refractivity contribution in [3.8, 4) is 5.88 Å². The van der Waals surface area contributed by atoms with Crippen LogP contribution in [0.3, 0.4) is 0 Å². The Morgan fingerprint density at radius 3 is 2.47 bits per heavy atom. The summed E-state index contributed by atoms with van der Waals surface area (Å²) in [5.74, 6) is 0.635. The van der Waals surface area contributed by atoms with Gasteiger partial charge in [-0.25, -0.2) is 4.31 Å². The number of rotatable bonds is 4. The molecule has 2 aliphatic heterocycles. The molecule has 0 bridgehead atoms. The van der Waals surface area contributed by atoms with E-state index in [4.69, 9.17) is 9.47 Å². The van der Waals surface area contributed by atoms with Crippen molar-refractivity contribution in [1.82, 2.24) is 9.29 Å². The number of alkyl halides is 3. The molecule has 0 N–H and O–H groups in total. The lowest BCUT2D eigenvalue weighted by Crippen LogP contribution is -2.58. The Hall–Kier alpha value is -1.39. The van der Waals surface area contributed by atoms with Gasteiger partial charge in [-0.05, 0) is 34.0 Å². The molecule has 2 atom stereocenters. The number of pyridine rings is 1. The van der Waals surface area contributed by atoms with Crippen LogP contribution in [0.15, 0.2) is 12.1 Å². The molecule has 2 unspecified atom stereocenters. The quantitative estimate of drug-likeness (QED) is 0.649. The van der Waals surface area contributed by atoms with E-state index in [9.17, 15) is 13.2 Å². The second-order valence-electron chi connectivity index (χ2n) is 8.67. The van der Waals surface area contributed by atoms with Crippen LogP contribution in [0.2, 0.25) is 0 Å². The van der Waals surface area contributed by atoms with Gasteiger partial charge in [-0.1, -0.05) is 11.9 Å². The zero-order valence-electron chi connectivity index (χ0n) is 18.2. The van der Waals surface area contributed by atoms with Crippen LogP contribution in [0.5, 0.6) is 5.88 Å². The van der Waals surface area contributed by atoms with Gasteiger partial charge in [-0.2, -0.15) is 18.2 Å². The van der Waals surface area contributed by atoms with E-state index in [1.54, 1.807) is 16.6 Å². The summed E-state index contributed by atoms with van der Waals surface area (Å²) in [7, 11) is 0. The number of anilines is 2. The Bertz CT molecular complexity index is 729. The molecule has 0 radical (unpaired) electrons. The minimum atomic E-state index is -4.36. The molecule has 1 aromatic heterocycles. The summed E-state index contributed by atoms with van der Waals surface area (Å²) in [6.07, 6.45) is -2.56. The van der Waals surface area contributed by atoms with Crippen molar-refractivity contribution in [3.63, 3.8) is 0 Å². The minimum absolute atomic E-state index is 0.0972. The van der Waals surface area contributed by atoms with Crippen LogP contribution in [0.1, 0.15) is 27.7 Å². The predicted molar refractivity (Wildman–Crippen MR) is 115 cm³/mol. The van der Waals surface area contributed by atoms with E-state index in [-0.39, 0.29) is 19.1 Å². The minimum Gasteiger partial charge on any atom is -0.472 e. The molecule has 1 aromatic rings. The molecule has 0 amide bonds. The Labute approximate surface area is 180 Å². The zero-order valence-corrected chi connectivity index (χ0v) is 19.0. The summed E-state index contributed by atoms with van der Waals surface area (Å²) >= 11 is 1.34. The highest BCUT2D eigenvalue weighted by Crippen LogP contribution is 2.36. The van der Waals surface area contributed by atoms with Gasteiger partial charge in [0, 0.05) is 50.0 Å². The van der Waals surface area contributed by atoms with E-state index in [0.717, 1.165) is 5.69 Å². The fraction of sp³-hybridized carbons (Fsp3) is 0.750. The molecule has 0 saturated carbocycles. The number of hydrogen-bond acceptors (Lipinski definition) is 7. The normalized spacial score (nSPS) is 24.3. The zero-order chi connectivity index (χ0) is 22.1. The first kappa shape index (κ1) is 23.3. The van der Waals surface area contributed by atoms with Gasteiger partial charge in [0.2, 0.25) is 5.88 Å². The van der Waals surface area contributed by atoms with Gasteiger partial charge in [0.1, 0.15) is 17.5 Å². The second-order valence-corrected chi connectivity index (χ2v) is 9.56. The SMILES string of the molecule is CSN1CCN(c2cc(N3CCOCC3C)cc(OC(C)(C)C)n2)C(C(F)(F)F)C1. The van der Waals surface area contributed by atoms with E-state index < -0.39 is 17.8 Å². The van der Waals surface area contributed by atoms with E-state index in [1.165, 1.54) is 16.8 Å². The first-order valence-corrected chi connectivity index (χ1v) is 11.3. The molecular formula is C20H31F3N4O2S. The Morgan fingerprint density at radius 1 is 1.13 bits per heavy atom. The smallest absolute Gasteiger partial charge is 0.410 e. The van der Waals surface area contributed by atoms with Crippen LogP contribution >= 0.6 is 11.9 Å². The molecule has 6 nitrogen and oxygen atoms in total. The largest absolute Gasteiger partial charge is 0.472 e. The first-order chi connectivity index (χ1) is 14.0.